The third kappa shape index (κ3) is 12.7. The molecule has 0 spiro atoms. The summed E-state index contributed by atoms with van der Waals surface area (Å²) in [6.45, 7) is 2.28. The van der Waals surface area contributed by atoms with Crippen LogP contribution in [0, 0.1) is 0 Å². The summed E-state index contributed by atoms with van der Waals surface area (Å²) in [6, 6.07) is 7.26. The van der Waals surface area contributed by atoms with Crippen molar-refractivity contribution in [2.45, 2.75) is 140 Å². The van der Waals surface area contributed by atoms with Crippen LogP contribution in [0.25, 0.3) is 0 Å². The zero-order valence-electron chi connectivity index (χ0n) is 22.6. The van der Waals surface area contributed by atoms with Crippen LogP contribution in [-0.2, 0) is 10.1 Å². The first-order valence-corrected chi connectivity index (χ1v) is 15.5. The summed E-state index contributed by atoms with van der Waals surface area (Å²) >= 11 is 0. The van der Waals surface area contributed by atoms with Crippen molar-refractivity contribution in [1.82, 2.24) is 0 Å². The van der Waals surface area contributed by atoms with Gasteiger partial charge >= 0.3 is 29.6 Å². The predicted molar refractivity (Wildman–Crippen MR) is 144 cm³/mol. The van der Waals surface area contributed by atoms with E-state index in [2.05, 4.69) is 17.6 Å². The van der Waals surface area contributed by atoms with Gasteiger partial charge in [0, 0.05) is 6.42 Å². The summed E-state index contributed by atoms with van der Waals surface area (Å²) in [5.41, 5.74) is 1.36. The first-order chi connectivity index (χ1) is 16.5. The molecule has 2 rings (SSSR count). The van der Waals surface area contributed by atoms with E-state index >= 15 is 0 Å². The van der Waals surface area contributed by atoms with Gasteiger partial charge in [-0.05, 0) is 18.6 Å². The molecular weight excluding hydrogens is 467 g/mol. The maximum Gasteiger partial charge on any atom is 1.00 e. The SMILES string of the molecule is CCCCCCCCCCCCCCCCCCCCCC1(S(=O)(=O)[O-])Nc2ccccc2N1.[Na+]. The fourth-order valence-electron chi connectivity index (χ4n) is 4.99. The van der Waals surface area contributed by atoms with Gasteiger partial charge in [-0.3, -0.25) is 0 Å². The van der Waals surface area contributed by atoms with Crippen LogP contribution < -0.4 is 40.2 Å². The number of hydrogen-bond donors (Lipinski definition) is 2. The van der Waals surface area contributed by atoms with E-state index in [4.69, 9.17) is 0 Å². The molecule has 7 heteroatoms. The second-order valence-electron chi connectivity index (χ2n) is 10.2. The van der Waals surface area contributed by atoms with Crippen LogP contribution in [0.1, 0.15) is 135 Å². The molecule has 0 amide bonds. The van der Waals surface area contributed by atoms with Crippen LogP contribution in [0.15, 0.2) is 24.3 Å². The van der Waals surface area contributed by atoms with Gasteiger partial charge in [-0.1, -0.05) is 135 Å². The number of nitrogens with one attached hydrogen (secondary N) is 2. The summed E-state index contributed by atoms with van der Waals surface area (Å²) in [4.78, 5) is -1.61. The molecular formula is C28H49N2NaO3S. The van der Waals surface area contributed by atoms with Gasteiger partial charge in [0.2, 0.25) is 4.99 Å². The molecule has 0 saturated carbocycles. The van der Waals surface area contributed by atoms with E-state index in [1.54, 1.807) is 12.1 Å². The van der Waals surface area contributed by atoms with Crippen molar-refractivity contribution in [2.75, 3.05) is 10.6 Å². The molecule has 5 nitrogen and oxygen atoms in total. The molecule has 1 aromatic rings. The molecule has 1 heterocycles. The first-order valence-electron chi connectivity index (χ1n) is 14.1. The minimum absolute atomic E-state index is 0. The van der Waals surface area contributed by atoms with Crippen LogP contribution in [0.4, 0.5) is 11.4 Å². The molecule has 196 valence electrons. The molecule has 1 aliphatic heterocycles. The van der Waals surface area contributed by atoms with Crippen molar-refractivity contribution in [3.05, 3.63) is 24.3 Å². The Morgan fingerprint density at radius 2 is 0.943 bits per heavy atom. The largest absolute Gasteiger partial charge is 1.00 e. The van der Waals surface area contributed by atoms with Crippen LogP contribution in [-0.4, -0.2) is 18.0 Å². The van der Waals surface area contributed by atoms with E-state index in [0.717, 1.165) is 12.8 Å². The van der Waals surface area contributed by atoms with Crippen molar-refractivity contribution in [2.24, 2.45) is 0 Å². The number of rotatable bonds is 21. The Bertz CT molecular complexity index is 748. The molecule has 0 unspecified atom stereocenters. The smallest absolute Gasteiger partial charge is 0.745 e. The van der Waals surface area contributed by atoms with Gasteiger partial charge < -0.3 is 15.2 Å². The monoisotopic (exact) mass is 516 g/mol. The van der Waals surface area contributed by atoms with Crippen molar-refractivity contribution < 1.29 is 42.5 Å². The molecule has 0 aliphatic carbocycles. The van der Waals surface area contributed by atoms with Crippen LogP contribution in [0.5, 0.6) is 0 Å². The van der Waals surface area contributed by atoms with E-state index in [-0.39, 0.29) is 36.0 Å². The third-order valence-electron chi connectivity index (χ3n) is 7.16. The van der Waals surface area contributed by atoms with Gasteiger partial charge in [-0.25, -0.2) is 8.42 Å². The predicted octanol–water partition coefficient (Wildman–Crippen LogP) is 5.55. The zero-order valence-corrected chi connectivity index (χ0v) is 25.4. The summed E-state index contributed by atoms with van der Waals surface area (Å²) < 4.78 is 35.9. The van der Waals surface area contributed by atoms with Gasteiger partial charge in [0.15, 0.2) is 0 Å². The van der Waals surface area contributed by atoms with Crippen LogP contribution >= 0.6 is 0 Å². The van der Waals surface area contributed by atoms with Crippen LogP contribution in [0.3, 0.4) is 0 Å². The molecule has 1 aromatic carbocycles. The Hall–Kier alpha value is -0.270. The molecule has 0 fully saturated rings. The van der Waals surface area contributed by atoms with E-state index in [9.17, 15) is 13.0 Å². The molecule has 1 aliphatic rings. The Morgan fingerprint density at radius 3 is 1.26 bits per heavy atom. The number of fused-ring (bicyclic) bond motifs is 1. The quantitative estimate of drug-likeness (QED) is 0.127. The van der Waals surface area contributed by atoms with Gasteiger partial charge in [0.25, 0.3) is 0 Å². The molecule has 0 bridgehead atoms. The molecule has 0 radical (unpaired) electrons. The Kier molecular flexibility index (Phi) is 17.7. The van der Waals surface area contributed by atoms with E-state index in [1.807, 2.05) is 12.1 Å². The number of anilines is 2. The van der Waals surface area contributed by atoms with E-state index in [1.165, 1.54) is 103 Å². The topological polar surface area (TPSA) is 81.3 Å². The molecule has 35 heavy (non-hydrogen) atoms. The maximum atomic E-state index is 12.0. The number of benzene rings is 1. The fourth-order valence-corrected chi connectivity index (χ4v) is 5.86. The van der Waals surface area contributed by atoms with Crippen molar-refractivity contribution in [3.8, 4) is 0 Å². The number of hydrogen-bond acceptors (Lipinski definition) is 5. The number of para-hydroxylation sites is 2. The maximum absolute atomic E-state index is 12.0. The standard InChI is InChI=1S/C28H50N2O3S.Na/c1-2-3-4-5-6-7-8-9-10-11-12-13-14-15-16-17-18-19-22-25-28(34(31,32)33)29-26-23-20-21-24-27(26)30-28;/h20-21,23-24,29-30H,2-19,22,25H2,1H3,(H,31,32,33);/q;+1/p-1. The minimum Gasteiger partial charge on any atom is -0.745 e. The summed E-state index contributed by atoms with van der Waals surface area (Å²) in [6.07, 6.45) is 25.0. The van der Waals surface area contributed by atoms with E-state index in [0.29, 0.717) is 17.8 Å². The van der Waals surface area contributed by atoms with Crippen LogP contribution in [0.2, 0.25) is 0 Å². The molecule has 0 atom stereocenters. The second-order valence-corrected chi connectivity index (χ2v) is 11.8. The molecule has 2 N–H and O–H groups in total. The first kappa shape index (κ1) is 32.8. The Morgan fingerprint density at radius 1 is 0.629 bits per heavy atom. The van der Waals surface area contributed by atoms with Gasteiger partial charge in [-0.2, -0.15) is 0 Å². The summed E-state index contributed by atoms with van der Waals surface area (Å²) in [5, 5.41) is 5.87. The van der Waals surface area contributed by atoms with Crippen molar-refractivity contribution >= 4 is 21.5 Å². The molecule has 0 saturated heterocycles. The van der Waals surface area contributed by atoms with Gasteiger partial charge in [-0.15, -0.1) is 0 Å². The minimum atomic E-state index is -4.53. The average Bonchev–Trinajstić information content (AvgIpc) is 3.20. The Balaban J connectivity index is 0.00000612. The number of unbranched alkanes of at least 4 members (excludes halogenated alkanes) is 18. The second kappa shape index (κ2) is 18.9. The van der Waals surface area contributed by atoms with Crippen molar-refractivity contribution in [1.29, 1.82) is 0 Å². The third-order valence-corrected chi connectivity index (χ3v) is 8.42. The molecule has 0 aromatic heterocycles. The average molecular weight is 517 g/mol. The fraction of sp³-hybridized carbons (Fsp3) is 0.786. The normalized spacial score (nSPS) is 14.1. The summed E-state index contributed by atoms with van der Waals surface area (Å²) in [7, 11) is -4.53. The van der Waals surface area contributed by atoms with Gasteiger partial charge in [0.1, 0.15) is 10.1 Å². The van der Waals surface area contributed by atoms with Gasteiger partial charge in [0.05, 0.1) is 11.4 Å². The summed E-state index contributed by atoms with van der Waals surface area (Å²) in [5.74, 6) is 0. The van der Waals surface area contributed by atoms with Crippen molar-refractivity contribution in [3.63, 3.8) is 0 Å². The Labute approximate surface area is 238 Å². The van der Waals surface area contributed by atoms with E-state index < -0.39 is 15.1 Å². The zero-order chi connectivity index (χ0) is 24.5.